The third kappa shape index (κ3) is 3.27. The summed E-state index contributed by atoms with van der Waals surface area (Å²) in [5.41, 5.74) is 6.90. The Bertz CT molecular complexity index is 425. The molecule has 0 radical (unpaired) electrons. The Labute approximate surface area is 120 Å². The highest BCUT2D eigenvalue weighted by Gasteiger charge is 2.27. The van der Waals surface area contributed by atoms with Crippen LogP contribution in [0.15, 0.2) is 0 Å². The summed E-state index contributed by atoms with van der Waals surface area (Å²) >= 11 is 1.73. The molecule has 5 heteroatoms. The van der Waals surface area contributed by atoms with Gasteiger partial charge < -0.3 is 15.4 Å². The molecule has 108 valence electrons. The molecule has 0 aromatic carbocycles. The van der Waals surface area contributed by atoms with E-state index < -0.39 is 0 Å². The molecule has 4 nitrogen and oxygen atoms in total. The van der Waals surface area contributed by atoms with Crippen molar-refractivity contribution in [3.05, 3.63) is 10.6 Å². The molecule has 2 rings (SSSR count). The van der Waals surface area contributed by atoms with Gasteiger partial charge in [-0.15, -0.1) is 0 Å². The quantitative estimate of drug-likeness (QED) is 0.923. The van der Waals surface area contributed by atoms with Crippen LogP contribution in [-0.2, 0) is 16.9 Å². The van der Waals surface area contributed by atoms with E-state index in [-0.39, 0.29) is 5.54 Å². The molecule has 1 fully saturated rings. The van der Waals surface area contributed by atoms with Gasteiger partial charge in [-0.05, 0) is 40.0 Å². The number of nitrogens with two attached hydrogens (primary N) is 1. The molecule has 0 amide bonds. The van der Waals surface area contributed by atoms with Gasteiger partial charge in [-0.1, -0.05) is 11.3 Å². The second-order valence-corrected chi connectivity index (χ2v) is 6.94. The zero-order chi connectivity index (χ0) is 14.0. The number of ether oxygens (including phenoxy) is 1. The molecule has 0 spiro atoms. The zero-order valence-electron chi connectivity index (χ0n) is 12.4. The van der Waals surface area contributed by atoms with Gasteiger partial charge >= 0.3 is 0 Å². The average molecular weight is 283 g/mol. The smallest absolute Gasteiger partial charge is 0.186 e. The van der Waals surface area contributed by atoms with Crippen molar-refractivity contribution >= 4 is 16.5 Å². The second kappa shape index (κ2) is 5.77. The van der Waals surface area contributed by atoms with Crippen LogP contribution < -0.4 is 10.6 Å². The minimum absolute atomic E-state index is 0.358. The summed E-state index contributed by atoms with van der Waals surface area (Å²) in [6, 6.07) is 0.573. The Morgan fingerprint density at radius 2 is 2.21 bits per heavy atom. The van der Waals surface area contributed by atoms with E-state index in [2.05, 4.69) is 11.8 Å². The van der Waals surface area contributed by atoms with Crippen LogP contribution in [0.25, 0.3) is 0 Å². The number of methoxy groups -OCH3 is 1. The van der Waals surface area contributed by atoms with E-state index in [0.29, 0.717) is 12.6 Å². The Balaban J connectivity index is 2.31. The molecule has 1 atom stereocenters. The van der Waals surface area contributed by atoms with E-state index >= 15 is 0 Å². The number of anilines is 1. The maximum absolute atomic E-state index is 6.26. The highest BCUT2D eigenvalue weighted by molar-refractivity contribution is 7.15. The molecule has 1 saturated heterocycles. The first-order valence-corrected chi connectivity index (χ1v) is 7.79. The van der Waals surface area contributed by atoms with Crippen LogP contribution in [-0.4, -0.2) is 24.7 Å². The first-order chi connectivity index (χ1) is 8.93. The molecule has 2 N–H and O–H groups in total. The van der Waals surface area contributed by atoms with Crippen molar-refractivity contribution in [1.82, 2.24) is 4.98 Å². The van der Waals surface area contributed by atoms with Crippen molar-refractivity contribution in [1.29, 1.82) is 0 Å². The zero-order valence-corrected chi connectivity index (χ0v) is 13.2. The summed E-state index contributed by atoms with van der Waals surface area (Å²) in [4.78, 5) is 8.34. The molecule has 1 aliphatic heterocycles. The van der Waals surface area contributed by atoms with Gasteiger partial charge in [-0.25, -0.2) is 4.98 Å². The predicted molar refractivity (Wildman–Crippen MR) is 80.7 cm³/mol. The Morgan fingerprint density at radius 3 is 2.79 bits per heavy atom. The summed E-state index contributed by atoms with van der Waals surface area (Å²) in [5, 5.41) is 1.10. The second-order valence-electron chi connectivity index (χ2n) is 5.97. The molecule has 2 heterocycles. The van der Waals surface area contributed by atoms with E-state index in [0.717, 1.165) is 22.2 Å². The van der Waals surface area contributed by atoms with Gasteiger partial charge in [0.2, 0.25) is 0 Å². The summed E-state index contributed by atoms with van der Waals surface area (Å²) in [6.45, 7) is 7.98. The van der Waals surface area contributed by atoms with Gasteiger partial charge in [0.05, 0.1) is 17.2 Å². The van der Waals surface area contributed by atoms with Crippen LogP contribution in [0.1, 0.15) is 50.6 Å². The molecule has 19 heavy (non-hydrogen) atoms. The fourth-order valence-corrected chi connectivity index (χ4v) is 3.79. The van der Waals surface area contributed by atoms with Crippen LogP contribution >= 0.6 is 11.3 Å². The number of thiazole rings is 1. The maximum Gasteiger partial charge on any atom is 0.186 e. The van der Waals surface area contributed by atoms with Crippen LogP contribution in [0.5, 0.6) is 0 Å². The van der Waals surface area contributed by atoms with Gasteiger partial charge in [-0.3, -0.25) is 0 Å². The van der Waals surface area contributed by atoms with Gasteiger partial charge in [0.25, 0.3) is 0 Å². The summed E-state index contributed by atoms with van der Waals surface area (Å²) in [7, 11) is 1.70. The lowest BCUT2D eigenvalue weighted by Crippen LogP contribution is -2.37. The molecule has 1 aromatic heterocycles. The van der Waals surface area contributed by atoms with Crippen LogP contribution in [0.4, 0.5) is 5.13 Å². The van der Waals surface area contributed by atoms with E-state index in [9.17, 15) is 0 Å². The fourth-order valence-electron chi connectivity index (χ4n) is 2.58. The third-order valence-electron chi connectivity index (χ3n) is 3.60. The van der Waals surface area contributed by atoms with E-state index in [1.165, 1.54) is 19.3 Å². The third-order valence-corrected chi connectivity index (χ3v) is 5.08. The lowest BCUT2D eigenvalue weighted by atomic mass is 10.0. The minimum Gasteiger partial charge on any atom is -0.378 e. The number of aromatic nitrogens is 1. The molecular formula is C14H25N3OS. The van der Waals surface area contributed by atoms with Crippen LogP contribution in [0.3, 0.4) is 0 Å². The summed E-state index contributed by atoms with van der Waals surface area (Å²) in [5.74, 6) is 0. The van der Waals surface area contributed by atoms with Gasteiger partial charge in [0.1, 0.15) is 0 Å². The number of piperidine rings is 1. The predicted octanol–water partition coefficient (Wildman–Crippen LogP) is 2.86. The van der Waals surface area contributed by atoms with Crippen LogP contribution in [0.2, 0.25) is 0 Å². The van der Waals surface area contributed by atoms with Crippen molar-refractivity contribution < 1.29 is 4.74 Å². The number of hydrogen-bond acceptors (Lipinski definition) is 5. The average Bonchev–Trinajstić information content (AvgIpc) is 2.74. The van der Waals surface area contributed by atoms with Gasteiger partial charge in [-0.2, -0.15) is 0 Å². The van der Waals surface area contributed by atoms with E-state index in [4.69, 9.17) is 15.5 Å². The van der Waals surface area contributed by atoms with Crippen molar-refractivity contribution in [2.75, 3.05) is 18.6 Å². The molecule has 0 aliphatic carbocycles. The van der Waals surface area contributed by atoms with Gasteiger partial charge in [0.15, 0.2) is 5.13 Å². The van der Waals surface area contributed by atoms with Crippen molar-refractivity contribution in [3.63, 3.8) is 0 Å². The number of rotatable bonds is 4. The highest BCUT2D eigenvalue weighted by atomic mass is 32.1. The molecule has 1 aliphatic rings. The van der Waals surface area contributed by atoms with E-state index in [1.807, 2.05) is 13.8 Å². The lowest BCUT2D eigenvalue weighted by molar-refractivity contribution is 0.180. The van der Waals surface area contributed by atoms with Crippen LogP contribution in [0, 0.1) is 0 Å². The Hall–Kier alpha value is -0.650. The molecule has 0 bridgehead atoms. The fraction of sp³-hybridized carbons (Fsp3) is 0.786. The molecule has 1 aromatic rings. The molecular weight excluding hydrogens is 258 g/mol. The molecule has 1 unspecified atom stereocenters. The van der Waals surface area contributed by atoms with E-state index in [1.54, 1.807) is 18.4 Å². The largest absolute Gasteiger partial charge is 0.378 e. The number of hydrogen-bond donors (Lipinski definition) is 1. The van der Waals surface area contributed by atoms with Gasteiger partial charge in [0, 0.05) is 25.2 Å². The first kappa shape index (κ1) is 14.8. The Kier molecular flexibility index (Phi) is 4.48. The van der Waals surface area contributed by atoms with Crippen molar-refractivity contribution in [3.8, 4) is 0 Å². The maximum atomic E-state index is 6.26. The Morgan fingerprint density at radius 1 is 1.47 bits per heavy atom. The minimum atomic E-state index is -0.358. The topological polar surface area (TPSA) is 51.4 Å². The summed E-state index contributed by atoms with van der Waals surface area (Å²) in [6.07, 6.45) is 3.83. The summed E-state index contributed by atoms with van der Waals surface area (Å²) < 4.78 is 5.26. The molecule has 0 saturated carbocycles. The van der Waals surface area contributed by atoms with Crippen molar-refractivity contribution in [2.24, 2.45) is 5.73 Å². The highest BCUT2D eigenvalue weighted by Crippen LogP contribution is 2.35. The normalized spacial score (nSPS) is 20.9. The van der Waals surface area contributed by atoms with Crippen molar-refractivity contribution in [2.45, 2.75) is 58.2 Å². The standard InChI is InChI=1S/C14H25N3OS/c1-10-7-5-6-8-17(10)13-16-11(9-18-4)12(19-13)14(2,3)15/h10H,5-9,15H2,1-4H3. The SMILES string of the molecule is COCc1nc(N2CCCCC2C)sc1C(C)(C)N. The lowest BCUT2D eigenvalue weighted by Gasteiger charge is -2.33. The number of nitrogens with zero attached hydrogens (tertiary/aromatic N) is 2. The first-order valence-electron chi connectivity index (χ1n) is 6.98. The monoisotopic (exact) mass is 283 g/mol.